The van der Waals surface area contributed by atoms with Crippen molar-refractivity contribution in [3.8, 4) is 11.4 Å². The molecule has 3 aromatic rings. The number of carbonyl (C=O) groups is 1. The Morgan fingerprint density at radius 1 is 1.19 bits per heavy atom. The average molecular weight is 451 g/mol. The van der Waals surface area contributed by atoms with Crippen LogP contribution in [0.15, 0.2) is 36.5 Å². The third-order valence-corrected chi connectivity index (χ3v) is 5.09. The molecule has 3 heterocycles. The van der Waals surface area contributed by atoms with Gasteiger partial charge in [-0.1, -0.05) is 0 Å². The van der Waals surface area contributed by atoms with Crippen molar-refractivity contribution in [2.75, 3.05) is 18.0 Å². The number of aliphatic hydroxyl groups excluding tert-OH is 1. The maximum absolute atomic E-state index is 12.5. The van der Waals surface area contributed by atoms with Crippen LogP contribution in [0, 0.1) is 0 Å². The molecule has 1 aromatic carbocycles. The van der Waals surface area contributed by atoms with Crippen molar-refractivity contribution in [1.82, 2.24) is 14.8 Å². The minimum absolute atomic E-state index is 0.205. The first kappa shape index (κ1) is 21.7. The highest BCUT2D eigenvalue weighted by Crippen LogP contribution is 2.33. The molecule has 2 aromatic heterocycles. The average Bonchev–Trinajstić information content (AvgIpc) is 3.11. The molecule has 4 rings (SSSR count). The molecule has 170 valence electrons. The van der Waals surface area contributed by atoms with E-state index in [-0.39, 0.29) is 18.5 Å². The van der Waals surface area contributed by atoms with E-state index in [0.717, 1.165) is 5.69 Å². The van der Waals surface area contributed by atoms with E-state index >= 15 is 0 Å². The molecule has 1 aliphatic heterocycles. The third-order valence-electron chi connectivity index (χ3n) is 5.09. The van der Waals surface area contributed by atoms with Crippen LogP contribution < -0.4 is 15.4 Å². The maximum atomic E-state index is 12.5. The molecule has 0 unspecified atom stereocenters. The Hall–Kier alpha value is -3.54. The molecule has 9 nitrogen and oxygen atoms in total. The van der Waals surface area contributed by atoms with Crippen LogP contribution in [0.3, 0.4) is 0 Å². The summed E-state index contributed by atoms with van der Waals surface area (Å²) in [6, 6.07) is 6.98. The van der Waals surface area contributed by atoms with E-state index in [4.69, 9.17) is 10.5 Å². The van der Waals surface area contributed by atoms with Crippen LogP contribution in [-0.4, -0.2) is 51.5 Å². The van der Waals surface area contributed by atoms with Gasteiger partial charge in [-0.3, -0.25) is 0 Å². The van der Waals surface area contributed by atoms with E-state index in [1.165, 1.54) is 28.9 Å². The maximum Gasteiger partial charge on any atom is 0.573 e. The lowest BCUT2D eigenvalue weighted by Gasteiger charge is -2.31. The molecule has 12 heteroatoms. The Morgan fingerprint density at radius 2 is 1.88 bits per heavy atom. The molecule has 32 heavy (non-hydrogen) atoms. The number of amides is 1. The van der Waals surface area contributed by atoms with Gasteiger partial charge in [0.2, 0.25) is 0 Å². The highest BCUT2D eigenvalue weighted by Gasteiger charge is 2.31. The standard InChI is InChI=1S/C20H20F3N5O4/c21-20(22,23)32-14-3-1-12(2-4-14)28-18-17(15(26-28)11-31-19(24)30)16(5-8-25-18)27-9-6-13(29)7-10-27/h1-5,8,13,29H,6-7,9-11H2,(H2,24,30). The molecule has 1 aliphatic rings. The number of alkyl halides is 3. The first-order chi connectivity index (χ1) is 15.2. The summed E-state index contributed by atoms with van der Waals surface area (Å²) in [5, 5.41) is 14.9. The van der Waals surface area contributed by atoms with Crippen molar-refractivity contribution < 1.29 is 32.5 Å². The van der Waals surface area contributed by atoms with Crippen LogP contribution in [0.1, 0.15) is 18.5 Å². The van der Waals surface area contributed by atoms with Gasteiger partial charge in [-0.25, -0.2) is 14.5 Å². The molecule has 0 spiro atoms. The topological polar surface area (TPSA) is 116 Å². The molecule has 1 saturated heterocycles. The monoisotopic (exact) mass is 451 g/mol. The Labute approximate surface area is 180 Å². The largest absolute Gasteiger partial charge is 0.573 e. The number of piperidine rings is 1. The second-order valence-corrected chi connectivity index (χ2v) is 7.25. The van der Waals surface area contributed by atoms with Crippen molar-refractivity contribution in [1.29, 1.82) is 0 Å². The van der Waals surface area contributed by atoms with E-state index in [2.05, 4.69) is 19.7 Å². The number of rotatable bonds is 5. The van der Waals surface area contributed by atoms with Crippen LogP contribution in [0.5, 0.6) is 5.75 Å². The van der Waals surface area contributed by atoms with Gasteiger partial charge in [0.1, 0.15) is 18.1 Å². The van der Waals surface area contributed by atoms with Gasteiger partial charge in [-0.15, -0.1) is 13.2 Å². The van der Waals surface area contributed by atoms with Crippen molar-refractivity contribution >= 4 is 22.8 Å². The van der Waals surface area contributed by atoms with E-state index in [1.807, 2.05) is 0 Å². The van der Waals surface area contributed by atoms with Gasteiger partial charge >= 0.3 is 12.5 Å². The van der Waals surface area contributed by atoms with Gasteiger partial charge in [0.25, 0.3) is 0 Å². The molecule has 0 atom stereocenters. The van der Waals surface area contributed by atoms with Crippen molar-refractivity contribution in [3.05, 3.63) is 42.2 Å². The molecule has 0 radical (unpaired) electrons. The summed E-state index contributed by atoms with van der Waals surface area (Å²) < 4.78 is 47.7. The summed E-state index contributed by atoms with van der Waals surface area (Å²) in [5.41, 5.74) is 7.17. The molecule has 1 fully saturated rings. The van der Waals surface area contributed by atoms with Gasteiger partial charge in [0.05, 0.1) is 22.9 Å². The SMILES string of the molecule is NC(=O)OCc1nn(-c2ccc(OC(F)(F)F)cc2)c2nccc(N3CCC(O)CC3)c12. The number of carbonyl (C=O) groups excluding carboxylic acids is 1. The molecule has 0 saturated carbocycles. The number of aliphatic hydroxyl groups is 1. The van der Waals surface area contributed by atoms with Crippen molar-refractivity contribution in [2.24, 2.45) is 5.73 Å². The predicted octanol–water partition coefficient (Wildman–Crippen LogP) is 2.88. The summed E-state index contributed by atoms with van der Waals surface area (Å²) in [7, 11) is 0. The minimum Gasteiger partial charge on any atom is -0.443 e. The Balaban J connectivity index is 1.76. The number of aromatic nitrogens is 3. The van der Waals surface area contributed by atoms with Gasteiger partial charge < -0.3 is 25.2 Å². The summed E-state index contributed by atoms with van der Waals surface area (Å²) >= 11 is 0. The second-order valence-electron chi connectivity index (χ2n) is 7.25. The van der Waals surface area contributed by atoms with Crippen LogP contribution in [0.4, 0.5) is 23.7 Å². The van der Waals surface area contributed by atoms with Gasteiger partial charge in [0.15, 0.2) is 5.65 Å². The molecule has 1 amide bonds. The van der Waals surface area contributed by atoms with Gasteiger partial charge in [-0.2, -0.15) is 5.10 Å². The lowest BCUT2D eigenvalue weighted by Crippen LogP contribution is -2.35. The first-order valence-electron chi connectivity index (χ1n) is 9.79. The number of pyridine rings is 1. The molecule has 3 N–H and O–H groups in total. The summed E-state index contributed by atoms with van der Waals surface area (Å²) in [5.74, 6) is -0.365. The van der Waals surface area contributed by atoms with E-state index in [9.17, 15) is 23.1 Å². The number of anilines is 1. The fraction of sp³-hybridized carbons (Fsp3) is 0.350. The van der Waals surface area contributed by atoms with E-state index in [0.29, 0.717) is 48.3 Å². The smallest absolute Gasteiger partial charge is 0.443 e. The van der Waals surface area contributed by atoms with Gasteiger partial charge in [-0.05, 0) is 43.2 Å². The Kier molecular flexibility index (Phi) is 5.78. The number of nitrogens with zero attached hydrogens (tertiary/aromatic N) is 4. The summed E-state index contributed by atoms with van der Waals surface area (Å²) in [6.07, 6.45) is -3.31. The van der Waals surface area contributed by atoms with Crippen LogP contribution in [0.25, 0.3) is 16.7 Å². The van der Waals surface area contributed by atoms with Crippen LogP contribution in [-0.2, 0) is 11.3 Å². The highest BCUT2D eigenvalue weighted by atomic mass is 19.4. The normalized spacial score (nSPS) is 15.2. The fourth-order valence-electron chi connectivity index (χ4n) is 3.68. The first-order valence-corrected chi connectivity index (χ1v) is 9.79. The number of ether oxygens (including phenoxy) is 2. The zero-order valence-electron chi connectivity index (χ0n) is 16.7. The molecule has 0 aliphatic carbocycles. The molecule has 0 bridgehead atoms. The number of hydrogen-bond acceptors (Lipinski definition) is 7. The molecular formula is C20H20F3N5O4. The van der Waals surface area contributed by atoms with E-state index in [1.54, 1.807) is 12.3 Å². The van der Waals surface area contributed by atoms with Gasteiger partial charge in [0, 0.05) is 19.3 Å². The predicted molar refractivity (Wildman–Crippen MR) is 107 cm³/mol. The second kappa shape index (κ2) is 8.54. The minimum atomic E-state index is -4.79. The van der Waals surface area contributed by atoms with Crippen molar-refractivity contribution in [2.45, 2.75) is 31.9 Å². The fourth-order valence-corrected chi connectivity index (χ4v) is 3.68. The number of nitrogens with two attached hydrogens (primary N) is 1. The molecular weight excluding hydrogens is 431 g/mol. The highest BCUT2D eigenvalue weighted by molar-refractivity contribution is 5.93. The number of benzene rings is 1. The Bertz CT molecular complexity index is 1110. The number of primary amides is 1. The number of fused-ring (bicyclic) bond motifs is 1. The quantitative estimate of drug-likeness (QED) is 0.613. The van der Waals surface area contributed by atoms with E-state index < -0.39 is 12.5 Å². The number of halogens is 3. The summed E-state index contributed by atoms with van der Waals surface area (Å²) in [6.45, 7) is 1.03. The lowest BCUT2D eigenvalue weighted by atomic mass is 10.1. The zero-order chi connectivity index (χ0) is 22.9. The van der Waals surface area contributed by atoms with Crippen LogP contribution >= 0.6 is 0 Å². The zero-order valence-corrected chi connectivity index (χ0v) is 16.7. The van der Waals surface area contributed by atoms with Crippen molar-refractivity contribution in [3.63, 3.8) is 0 Å². The third kappa shape index (κ3) is 4.69. The Morgan fingerprint density at radius 3 is 2.50 bits per heavy atom. The van der Waals surface area contributed by atoms with Crippen LogP contribution in [0.2, 0.25) is 0 Å². The number of hydrogen-bond donors (Lipinski definition) is 2. The summed E-state index contributed by atoms with van der Waals surface area (Å²) in [4.78, 5) is 17.6. The lowest BCUT2D eigenvalue weighted by molar-refractivity contribution is -0.274.